The summed E-state index contributed by atoms with van der Waals surface area (Å²) in [5.74, 6) is -0.964. The average Bonchev–Trinajstić information content (AvgIpc) is 2.45. The lowest BCUT2D eigenvalue weighted by atomic mass is 10.1. The van der Waals surface area contributed by atoms with Crippen molar-refractivity contribution in [2.45, 2.75) is 31.0 Å². The van der Waals surface area contributed by atoms with Gasteiger partial charge in [-0.25, -0.2) is 0 Å². The third-order valence-corrected chi connectivity index (χ3v) is 2.23. The van der Waals surface area contributed by atoms with Gasteiger partial charge in [-0.15, -0.1) is 0 Å². The van der Waals surface area contributed by atoms with Gasteiger partial charge in [0, 0.05) is 6.54 Å². The van der Waals surface area contributed by atoms with Crippen molar-refractivity contribution in [1.82, 2.24) is 5.32 Å². The maximum absolute atomic E-state index is 10.2. The van der Waals surface area contributed by atoms with Crippen LogP contribution in [0.25, 0.3) is 0 Å². The van der Waals surface area contributed by atoms with Gasteiger partial charge in [0.25, 0.3) is 0 Å². The second kappa shape index (κ2) is 5.38. The van der Waals surface area contributed by atoms with Crippen molar-refractivity contribution in [3.05, 3.63) is 0 Å². The molecule has 1 fully saturated rings. The lowest BCUT2D eigenvalue weighted by molar-refractivity contribution is -0.137. The zero-order valence-electron chi connectivity index (χ0n) is 8.04. The number of ether oxygens (including phenoxy) is 1. The van der Waals surface area contributed by atoms with E-state index in [0.717, 1.165) is 0 Å². The van der Waals surface area contributed by atoms with Crippen LogP contribution in [-0.4, -0.2) is 64.1 Å². The molecular formula is C8H15NO6. The monoisotopic (exact) mass is 221 g/mol. The van der Waals surface area contributed by atoms with E-state index in [2.05, 4.69) is 5.32 Å². The Morgan fingerprint density at radius 2 is 2.00 bits per heavy atom. The van der Waals surface area contributed by atoms with Gasteiger partial charge in [0.15, 0.2) is 0 Å². The van der Waals surface area contributed by atoms with E-state index in [0.29, 0.717) is 0 Å². The van der Waals surface area contributed by atoms with Gasteiger partial charge in [-0.2, -0.15) is 0 Å². The Hall–Kier alpha value is -0.730. The fraction of sp³-hybridized carbons (Fsp3) is 0.875. The number of aliphatic hydroxyl groups excluding tert-OH is 3. The van der Waals surface area contributed by atoms with Crippen LogP contribution in [0.3, 0.4) is 0 Å². The third kappa shape index (κ3) is 3.11. The molecule has 1 heterocycles. The molecule has 4 atom stereocenters. The molecule has 15 heavy (non-hydrogen) atoms. The van der Waals surface area contributed by atoms with E-state index in [-0.39, 0.29) is 13.0 Å². The highest BCUT2D eigenvalue weighted by Gasteiger charge is 2.41. The van der Waals surface area contributed by atoms with Gasteiger partial charge in [0.05, 0.1) is 13.0 Å². The van der Waals surface area contributed by atoms with Crippen LogP contribution in [-0.2, 0) is 9.53 Å². The summed E-state index contributed by atoms with van der Waals surface area (Å²) in [5, 5.41) is 38.5. The highest BCUT2D eigenvalue weighted by molar-refractivity contribution is 5.66. The molecule has 1 rings (SSSR count). The summed E-state index contributed by atoms with van der Waals surface area (Å²) in [4.78, 5) is 10.2. The standard InChI is InChI=1S/C8H15NO6/c10-3-4-6(13)7(14)8(15-4)9-2-1-5(11)12/h4,6-10,13-14H,1-3H2,(H,11,12)/t4-,6-,7-,8-/m1/s1. The molecule has 0 aliphatic carbocycles. The normalized spacial score (nSPS) is 35.7. The van der Waals surface area contributed by atoms with Crippen molar-refractivity contribution in [1.29, 1.82) is 0 Å². The van der Waals surface area contributed by atoms with Gasteiger partial charge in [-0.05, 0) is 0 Å². The smallest absolute Gasteiger partial charge is 0.304 e. The van der Waals surface area contributed by atoms with Crippen molar-refractivity contribution in [3.8, 4) is 0 Å². The van der Waals surface area contributed by atoms with E-state index in [9.17, 15) is 15.0 Å². The Morgan fingerprint density at radius 3 is 2.47 bits per heavy atom. The molecule has 0 unspecified atom stereocenters. The van der Waals surface area contributed by atoms with Crippen molar-refractivity contribution in [3.63, 3.8) is 0 Å². The minimum absolute atomic E-state index is 0.105. The van der Waals surface area contributed by atoms with Gasteiger partial charge in [-0.1, -0.05) is 0 Å². The van der Waals surface area contributed by atoms with E-state index in [1.165, 1.54) is 0 Å². The summed E-state index contributed by atoms with van der Waals surface area (Å²) in [5.41, 5.74) is 0. The molecule has 1 aliphatic heterocycles. The molecule has 0 radical (unpaired) electrons. The van der Waals surface area contributed by atoms with Crippen molar-refractivity contribution < 1.29 is 30.0 Å². The van der Waals surface area contributed by atoms with Gasteiger partial charge in [0.2, 0.25) is 0 Å². The number of aliphatic carboxylic acids is 1. The Labute approximate surface area is 86.3 Å². The molecule has 1 saturated heterocycles. The maximum Gasteiger partial charge on any atom is 0.304 e. The van der Waals surface area contributed by atoms with Crippen LogP contribution in [0, 0.1) is 0 Å². The van der Waals surface area contributed by atoms with E-state index >= 15 is 0 Å². The minimum Gasteiger partial charge on any atom is -0.481 e. The van der Waals surface area contributed by atoms with Crippen molar-refractivity contribution in [2.24, 2.45) is 0 Å². The topological polar surface area (TPSA) is 119 Å². The lowest BCUT2D eigenvalue weighted by Crippen LogP contribution is -2.41. The zero-order valence-corrected chi connectivity index (χ0v) is 8.04. The summed E-state index contributed by atoms with van der Waals surface area (Å²) >= 11 is 0. The highest BCUT2D eigenvalue weighted by Crippen LogP contribution is 2.18. The van der Waals surface area contributed by atoms with E-state index in [4.69, 9.17) is 14.9 Å². The van der Waals surface area contributed by atoms with Gasteiger partial charge < -0.3 is 25.2 Å². The second-order valence-corrected chi connectivity index (χ2v) is 3.36. The summed E-state index contributed by atoms with van der Waals surface area (Å²) in [7, 11) is 0. The first-order valence-corrected chi connectivity index (χ1v) is 4.64. The van der Waals surface area contributed by atoms with Gasteiger partial charge in [-0.3, -0.25) is 10.1 Å². The van der Waals surface area contributed by atoms with Crippen LogP contribution in [0.4, 0.5) is 0 Å². The third-order valence-electron chi connectivity index (χ3n) is 2.23. The molecule has 0 spiro atoms. The van der Waals surface area contributed by atoms with Gasteiger partial charge in [0.1, 0.15) is 24.5 Å². The lowest BCUT2D eigenvalue weighted by Gasteiger charge is -2.15. The summed E-state index contributed by atoms with van der Waals surface area (Å²) in [6.07, 6.45) is -4.08. The first kappa shape index (κ1) is 12.3. The number of hydrogen-bond acceptors (Lipinski definition) is 6. The molecule has 0 saturated carbocycles. The van der Waals surface area contributed by atoms with Crippen molar-refractivity contribution in [2.75, 3.05) is 13.2 Å². The predicted molar refractivity (Wildman–Crippen MR) is 48.0 cm³/mol. The average molecular weight is 221 g/mol. The van der Waals surface area contributed by atoms with Crippen LogP contribution >= 0.6 is 0 Å². The molecule has 7 nitrogen and oxygen atoms in total. The summed E-state index contributed by atoms with van der Waals surface area (Å²) in [6.45, 7) is -0.267. The Morgan fingerprint density at radius 1 is 1.33 bits per heavy atom. The largest absolute Gasteiger partial charge is 0.481 e. The molecule has 0 aromatic heterocycles. The quantitative estimate of drug-likeness (QED) is 0.348. The highest BCUT2D eigenvalue weighted by atomic mass is 16.6. The minimum atomic E-state index is -1.16. The van der Waals surface area contributed by atoms with Crippen LogP contribution in [0.15, 0.2) is 0 Å². The van der Waals surface area contributed by atoms with Gasteiger partial charge >= 0.3 is 5.97 Å². The number of rotatable bonds is 5. The van der Waals surface area contributed by atoms with E-state index < -0.39 is 37.1 Å². The molecule has 0 aromatic carbocycles. The second-order valence-electron chi connectivity index (χ2n) is 3.36. The molecule has 0 amide bonds. The summed E-state index contributed by atoms with van der Waals surface area (Å²) < 4.78 is 5.06. The van der Waals surface area contributed by atoms with Crippen LogP contribution in [0.1, 0.15) is 6.42 Å². The molecule has 5 N–H and O–H groups in total. The summed E-state index contributed by atoms with van der Waals surface area (Å²) in [6, 6.07) is 0. The van der Waals surface area contributed by atoms with E-state index in [1.54, 1.807) is 0 Å². The maximum atomic E-state index is 10.2. The molecule has 0 bridgehead atoms. The first-order valence-electron chi connectivity index (χ1n) is 4.64. The Bertz CT molecular complexity index is 223. The fourth-order valence-corrected chi connectivity index (χ4v) is 1.39. The van der Waals surface area contributed by atoms with Crippen LogP contribution in [0.5, 0.6) is 0 Å². The number of hydrogen-bond donors (Lipinski definition) is 5. The number of nitrogens with one attached hydrogen (secondary N) is 1. The number of carboxylic acid groups (broad SMARTS) is 1. The molecular weight excluding hydrogens is 206 g/mol. The molecule has 88 valence electrons. The van der Waals surface area contributed by atoms with Crippen LogP contribution in [0.2, 0.25) is 0 Å². The number of carbonyl (C=O) groups is 1. The van der Waals surface area contributed by atoms with E-state index in [1.807, 2.05) is 0 Å². The fourth-order valence-electron chi connectivity index (χ4n) is 1.39. The number of carboxylic acids is 1. The molecule has 7 heteroatoms. The molecule has 1 aliphatic rings. The first-order chi connectivity index (χ1) is 7.06. The Kier molecular flexibility index (Phi) is 4.43. The SMILES string of the molecule is O=C(O)CCN[C@@H]1O[C@H](CO)[C@@H](O)[C@H]1O. The molecule has 0 aromatic rings. The van der Waals surface area contributed by atoms with Crippen molar-refractivity contribution >= 4 is 5.97 Å². The number of aliphatic hydroxyl groups is 3. The van der Waals surface area contributed by atoms with Crippen LogP contribution < -0.4 is 5.32 Å². The zero-order chi connectivity index (χ0) is 11.4. The Balaban J connectivity index is 2.34. The predicted octanol–water partition coefficient (Wildman–Crippen LogP) is -2.51.